The Hall–Kier alpha value is -4.63. The fourth-order valence-electron chi connectivity index (χ4n) is 6.19. The molecule has 7 rings (SSSR count). The van der Waals surface area contributed by atoms with E-state index >= 15 is 0 Å². The summed E-state index contributed by atoms with van der Waals surface area (Å²) in [6.45, 7) is 11.3. The molecule has 0 N–H and O–H groups in total. The predicted octanol–water partition coefficient (Wildman–Crippen LogP) is 10.8. The number of para-hydroxylation sites is 3. The van der Waals surface area contributed by atoms with Gasteiger partial charge in [-0.2, -0.15) is 0 Å². The maximum absolute atomic E-state index is 6.71. The van der Waals surface area contributed by atoms with Crippen LogP contribution in [0.25, 0.3) is 61.2 Å². The predicted molar refractivity (Wildman–Crippen MR) is 172 cm³/mol. The van der Waals surface area contributed by atoms with Crippen LogP contribution < -0.4 is 0 Å². The molecule has 0 fully saturated rings. The number of hydrogen-bond acceptors (Lipinski definition) is 2. The second kappa shape index (κ2) is 9.78. The van der Waals surface area contributed by atoms with Gasteiger partial charge in [-0.15, -0.1) is 0 Å². The highest BCUT2D eigenvalue weighted by Gasteiger charge is 2.24. The minimum Gasteiger partial charge on any atom is -0.455 e. The van der Waals surface area contributed by atoms with Crippen molar-refractivity contribution in [3.63, 3.8) is 0 Å². The number of nitrogens with zero attached hydrogens (tertiary/aromatic N) is 2. The van der Waals surface area contributed by atoms with Crippen LogP contribution in [0.5, 0.6) is 0 Å². The van der Waals surface area contributed by atoms with Gasteiger partial charge in [-0.05, 0) is 71.3 Å². The van der Waals surface area contributed by atoms with Gasteiger partial charge >= 0.3 is 0 Å². The highest BCUT2D eigenvalue weighted by atomic mass is 16.3. The number of aryl methyl sites for hydroxylation is 1. The van der Waals surface area contributed by atoms with Crippen molar-refractivity contribution in [3.8, 4) is 28.2 Å². The van der Waals surface area contributed by atoms with E-state index < -0.39 is 0 Å². The van der Waals surface area contributed by atoms with Gasteiger partial charge in [-0.3, -0.25) is 4.57 Å². The van der Waals surface area contributed by atoms with Crippen LogP contribution in [0.2, 0.25) is 0 Å². The number of imidazole rings is 1. The third kappa shape index (κ3) is 4.15. The third-order valence-corrected chi connectivity index (χ3v) is 8.19. The lowest BCUT2D eigenvalue weighted by molar-refractivity contribution is 0.669. The average molecular weight is 535 g/mol. The summed E-state index contributed by atoms with van der Waals surface area (Å²) in [5.41, 5.74) is 12.4. The van der Waals surface area contributed by atoms with Crippen LogP contribution in [-0.4, -0.2) is 9.55 Å². The SMILES string of the molecule is Cc1cc(C(C)C)c(-n2c(-c3cccc4c3oc3cc(-c5ccccc5)ccc34)nc3ccccc32)c(C(C)C)c1. The normalized spacial score (nSPS) is 12.0. The smallest absolute Gasteiger partial charge is 0.149 e. The van der Waals surface area contributed by atoms with E-state index in [1.165, 1.54) is 27.9 Å². The molecule has 2 aromatic heterocycles. The molecule has 5 aromatic carbocycles. The Morgan fingerprint density at radius 2 is 1.37 bits per heavy atom. The van der Waals surface area contributed by atoms with Gasteiger partial charge in [0.2, 0.25) is 0 Å². The Bertz CT molecular complexity index is 2030. The third-order valence-electron chi connectivity index (χ3n) is 8.19. The molecule has 2 heterocycles. The van der Waals surface area contributed by atoms with Gasteiger partial charge in [-0.1, -0.05) is 106 Å². The Balaban J connectivity index is 1.54. The van der Waals surface area contributed by atoms with Gasteiger partial charge < -0.3 is 4.42 Å². The topological polar surface area (TPSA) is 31.0 Å². The summed E-state index contributed by atoms with van der Waals surface area (Å²) in [7, 11) is 0. The van der Waals surface area contributed by atoms with Crippen molar-refractivity contribution in [2.45, 2.75) is 46.5 Å². The van der Waals surface area contributed by atoms with Gasteiger partial charge in [-0.25, -0.2) is 4.98 Å². The highest BCUT2D eigenvalue weighted by Crippen LogP contribution is 2.41. The Morgan fingerprint density at radius 1 is 0.659 bits per heavy atom. The van der Waals surface area contributed by atoms with E-state index in [-0.39, 0.29) is 0 Å². The summed E-state index contributed by atoms with van der Waals surface area (Å²) in [6.07, 6.45) is 0. The van der Waals surface area contributed by atoms with Crippen LogP contribution in [0.15, 0.2) is 108 Å². The summed E-state index contributed by atoms with van der Waals surface area (Å²) in [5.74, 6) is 1.62. The molecule has 0 radical (unpaired) electrons. The quantitative estimate of drug-likeness (QED) is 0.220. The summed E-state index contributed by atoms with van der Waals surface area (Å²) >= 11 is 0. The monoisotopic (exact) mass is 534 g/mol. The number of furan rings is 1. The molecule has 202 valence electrons. The van der Waals surface area contributed by atoms with Gasteiger partial charge in [0, 0.05) is 10.8 Å². The number of rotatable bonds is 5. The fourth-order valence-corrected chi connectivity index (χ4v) is 6.19. The first-order valence-corrected chi connectivity index (χ1v) is 14.5. The Kier molecular flexibility index (Phi) is 6.04. The van der Waals surface area contributed by atoms with Crippen molar-refractivity contribution in [2.24, 2.45) is 0 Å². The first-order chi connectivity index (χ1) is 19.9. The lowest BCUT2D eigenvalue weighted by Gasteiger charge is -2.23. The van der Waals surface area contributed by atoms with E-state index in [0.29, 0.717) is 11.8 Å². The first-order valence-electron chi connectivity index (χ1n) is 14.5. The summed E-state index contributed by atoms with van der Waals surface area (Å²) < 4.78 is 9.09. The minimum absolute atomic E-state index is 0.356. The van der Waals surface area contributed by atoms with Gasteiger partial charge in [0.1, 0.15) is 17.0 Å². The summed E-state index contributed by atoms with van der Waals surface area (Å²) in [6, 6.07) is 36.6. The molecule has 0 saturated heterocycles. The lowest BCUT2D eigenvalue weighted by atomic mass is 9.90. The molecule has 7 aromatic rings. The molecule has 0 saturated carbocycles. The number of fused-ring (bicyclic) bond motifs is 4. The molecule has 0 bridgehead atoms. The van der Waals surface area contributed by atoms with Crippen LogP contribution in [0.1, 0.15) is 56.2 Å². The van der Waals surface area contributed by atoms with E-state index in [0.717, 1.165) is 49.9 Å². The molecule has 3 nitrogen and oxygen atoms in total. The standard InChI is InChI=1S/C38H34N2O/c1-23(2)31-20-25(5)21-32(24(3)4)36(31)40-34-17-10-9-16-33(34)39-38(40)30-15-11-14-29-28-19-18-27(22-35(28)41-37(29)30)26-12-7-6-8-13-26/h6-24H,1-5H3. The van der Waals surface area contributed by atoms with E-state index in [4.69, 9.17) is 9.40 Å². The number of benzene rings is 5. The minimum atomic E-state index is 0.356. The molecule has 0 unspecified atom stereocenters. The van der Waals surface area contributed by atoms with Crippen molar-refractivity contribution in [1.82, 2.24) is 9.55 Å². The van der Waals surface area contributed by atoms with Crippen LogP contribution in [0.3, 0.4) is 0 Å². The van der Waals surface area contributed by atoms with Crippen LogP contribution in [-0.2, 0) is 0 Å². The van der Waals surface area contributed by atoms with E-state index in [1.807, 2.05) is 6.07 Å². The lowest BCUT2D eigenvalue weighted by Crippen LogP contribution is -2.09. The van der Waals surface area contributed by atoms with Crippen molar-refractivity contribution in [3.05, 3.63) is 120 Å². The van der Waals surface area contributed by atoms with Crippen LogP contribution in [0.4, 0.5) is 0 Å². The zero-order valence-electron chi connectivity index (χ0n) is 24.3. The molecule has 0 spiro atoms. The highest BCUT2D eigenvalue weighted by molar-refractivity contribution is 6.10. The number of aromatic nitrogens is 2. The summed E-state index contributed by atoms with van der Waals surface area (Å²) in [5, 5.41) is 2.22. The molecule has 3 heteroatoms. The van der Waals surface area contributed by atoms with Gasteiger partial charge in [0.25, 0.3) is 0 Å². The van der Waals surface area contributed by atoms with Crippen LogP contribution >= 0.6 is 0 Å². The molecule has 41 heavy (non-hydrogen) atoms. The molecular weight excluding hydrogens is 500 g/mol. The zero-order chi connectivity index (χ0) is 28.2. The molecule has 0 atom stereocenters. The maximum atomic E-state index is 6.71. The Morgan fingerprint density at radius 3 is 2.10 bits per heavy atom. The van der Waals surface area contributed by atoms with Crippen LogP contribution in [0, 0.1) is 6.92 Å². The first kappa shape index (κ1) is 25.3. The molecule has 0 aliphatic heterocycles. The van der Waals surface area contributed by atoms with Crippen molar-refractivity contribution in [1.29, 1.82) is 0 Å². The maximum Gasteiger partial charge on any atom is 0.149 e. The molecular formula is C38H34N2O. The second-order valence-electron chi connectivity index (χ2n) is 11.7. The van der Waals surface area contributed by atoms with Crippen molar-refractivity contribution in [2.75, 3.05) is 0 Å². The van der Waals surface area contributed by atoms with Crippen molar-refractivity contribution >= 4 is 33.0 Å². The molecule has 0 aliphatic carbocycles. The molecule has 0 amide bonds. The van der Waals surface area contributed by atoms with Crippen molar-refractivity contribution < 1.29 is 4.42 Å². The second-order valence-corrected chi connectivity index (χ2v) is 11.7. The Labute approximate surface area is 241 Å². The fraction of sp³-hybridized carbons (Fsp3) is 0.184. The average Bonchev–Trinajstić information content (AvgIpc) is 3.55. The summed E-state index contributed by atoms with van der Waals surface area (Å²) in [4.78, 5) is 5.27. The largest absolute Gasteiger partial charge is 0.455 e. The van der Waals surface area contributed by atoms with Gasteiger partial charge in [0.15, 0.2) is 0 Å². The number of hydrogen-bond donors (Lipinski definition) is 0. The van der Waals surface area contributed by atoms with E-state index in [9.17, 15) is 0 Å². The van der Waals surface area contributed by atoms with E-state index in [1.54, 1.807) is 0 Å². The molecule has 0 aliphatic rings. The van der Waals surface area contributed by atoms with E-state index in [2.05, 4.69) is 136 Å². The van der Waals surface area contributed by atoms with Gasteiger partial charge in [0.05, 0.1) is 22.3 Å². The zero-order valence-corrected chi connectivity index (χ0v) is 24.3.